The van der Waals surface area contributed by atoms with Crippen molar-refractivity contribution >= 4 is 12.0 Å². The van der Waals surface area contributed by atoms with Crippen molar-refractivity contribution in [1.82, 2.24) is 10.2 Å². The van der Waals surface area contributed by atoms with Gasteiger partial charge in [-0.3, -0.25) is 4.79 Å². The molecule has 0 aromatic carbocycles. The van der Waals surface area contributed by atoms with E-state index >= 15 is 0 Å². The lowest BCUT2D eigenvalue weighted by molar-refractivity contribution is -0.141. The van der Waals surface area contributed by atoms with Gasteiger partial charge in [0.15, 0.2) is 0 Å². The van der Waals surface area contributed by atoms with E-state index in [9.17, 15) is 9.59 Å². The lowest BCUT2D eigenvalue weighted by Crippen LogP contribution is -2.45. The third kappa shape index (κ3) is 5.39. The van der Waals surface area contributed by atoms with E-state index in [1.54, 1.807) is 6.92 Å². The molecule has 1 rings (SSSR count). The SMILES string of the molecule is CC1CCCC(N(C)C(=O)NCCCC(C)C(=O)O)C1. The molecule has 1 saturated carbocycles. The zero-order chi connectivity index (χ0) is 15.1. The standard InChI is InChI=1S/C15H28N2O3/c1-11-6-4-8-13(10-11)17(3)15(20)16-9-5-7-12(2)14(18)19/h11-13H,4-10H2,1-3H3,(H,16,20)(H,18,19). The van der Waals surface area contributed by atoms with E-state index in [-0.39, 0.29) is 11.9 Å². The molecular weight excluding hydrogens is 256 g/mol. The van der Waals surface area contributed by atoms with Crippen molar-refractivity contribution in [2.24, 2.45) is 11.8 Å². The summed E-state index contributed by atoms with van der Waals surface area (Å²) in [5.74, 6) is -0.422. The van der Waals surface area contributed by atoms with Gasteiger partial charge < -0.3 is 15.3 Å². The van der Waals surface area contributed by atoms with Crippen molar-refractivity contribution in [2.45, 2.75) is 58.4 Å². The first-order chi connectivity index (χ1) is 9.41. The molecule has 20 heavy (non-hydrogen) atoms. The smallest absolute Gasteiger partial charge is 0.317 e. The van der Waals surface area contributed by atoms with E-state index in [0.29, 0.717) is 31.3 Å². The Morgan fingerprint density at radius 2 is 2.10 bits per heavy atom. The zero-order valence-electron chi connectivity index (χ0n) is 12.9. The number of hydrogen-bond acceptors (Lipinski definition) is 2. The summed E-state index contributed by atoms with van der Waals surface area (Å²) in [4.78, 5) is 24.5. The maximum atomic E-state index is 12.0. The Hall–Kier alpha value is -1.26. The van der Waals surface area contributed by atoms with Crippen LogP contribution in [0.3, 0.4) is 0 Å². The minimum absolute atomic E-state index is 0.0351. The Kier molecular flexibility index (Phi) is 6.82. The van der Waals surface area contributed by atoms with Crippen molar-refractivity contribution < 1.29 is 14.7 Å². The van der Waals surface area contributed by atoms with Gasteiger partial charge in [-0.05, 0) is 31.6 Å². The van der Waals surface area contributed by atoms with Crippen LogP contribution in [0.5, 0.6) is 0 Å². The summed E-state index contributed by atoms with van der Waals surface area (Å²) in [6.07, 6.45) is 5.93. The minimum atomic E-state index is -0.773. The van der Waals surface area contributed by atoms with Gasteiger partial charge in [-0.2, -0.15) is 0 Å². The van der Waals surface area contributed by atoms with Crippen LogP contribution in [0.25, 0.3) is 0 Å². The quantitative estimate of drug-likeness (QED) is 0.737. The van der Waals surface area contributed by atoms with Crippen LogP contribution in [0.2, 0.25) is 0 Å². The Labute approximate surface area is 121 Å². The van der Waals surface area contributed by atoms with Crippen molar-refractivity contribution in [1.29, 1.82) is 0 Å². The van der Waals surface area contributed by atoms with E-state index in [0.717, 1.165) is 12.8 Å². The van der Waals surface area contributed by atoms with Crippen molar-refractivity contribution in [2.75, 3.05) is 13.6 Å². The summed E-state index contributed by atoms with van der Waals surface area (Å²) in [5, 5.41) is 11.7. The largest absolute Gasteiger partial charge is 0.481 e. The number of nitrogens with zero attached hydrogens (tertiary/aromatic N) is 1. The van der Waals surface area contributed by atoms with E-state index in [4.69, 9.17) is 5.11 Å². The van der Waals surface area contributed by atoms with E-state index in [2.05, 4.69) is 12.2 Å². The second-order valence-corrected chi connectivity index (χ2v) is 6.15. The second kappa shape index (κ2) is 8.12. The number of aliphatic carboxylic acids is 1. The molecule has 0 heterocycles. The summed E-state index contributed by atoms with van der Waals surface area (Å²) in [5.41, 5.74) is 0. The molecule has 0 aliphatic heterocycles. The number of urea groups is 1. The van der Waals surface area contributed by atoms with Gasteiger partial charge in [-0.25, -0.2) is 4.79 Å². The molecule has 1 fully saturated rings. The van der Waals surface area contributed by atoms with Gasteiger partial charge in [-0.1, -0.05) is 26.7 Å². The fourth-order valence-corrected chi connectivity index (χ4v) is 2.77. The maximum Gasteiger partial charge on any atom is 0.317 e. The third-order valence-electron chi connectivity index (χ3n) is 4.29. The summed E-state index contributed by atoms with van der Waals surface area (Å²) < 4.78 is 0. The molecular formula is C15H28N2O3. The zero-order valence-corrected chi connectivity index (χ0v) is 12.9. The molecule has 2 N–H and O–H groups in total. The minimum Gasteiger partial charge on any atom is -0.481 e. The normalized spacial score (nSPS) is 23.9. The van der Waals surface area contributed by atoms with Gasteiger partial charge in [-0.15, -0.1) is 0 Å². The van der Waals surface area contributed by atoms with Crippen LogP contribution >= 0.6 is 0 Å². The monoisotopic (exact) mass is 284 g/mol. The number of rotatable bonds is 6. The molecule has 0 radical (unpaired) electrons. The van der Waals surface area contributed by atoms with Gasteiger partial charge in [0.25, 0.3) is 0 Å². The predicted molar refractivity (Wildman–Crippen MR) is 78.6 cm³/mol. The number of hydrogen-bond donors (Lipinski definition) is 2. The van der Waals surface area contributed by atoms with Gasteiger partial charge in [0.1, 0.15) is 0 Å². The molecule has 3 atom stereocenters. The first-order valence-electron chi connectivity index (χ1n) is 7.65. The van der Waals surface area contributed by atoms with Crippen LogP contribution in [-0.2, 0) is 4.79 Å². The molecule has 116 valence electrons. The molecule has 5 nitrogen and oxygen atoms in total. The van der Waals surface area contributed by atoms with Crippen LogP contribution in [0, 0.1) is 11.8 Å². The molecule has 1 aliphatic rings. The third-order valence-corrected chi connectivity index (χ3v) is 4.29. The molecule has 1 aliphatic carbocycles. The van der Waals surface area contributed by atoms with Crippen LogP contribution in [0.1, 0.15) is 52.4 Å². The summed E-state index contributed by atoms with van der Waals surface area (Å²) >= 11 is 0. The Morgan fingerprint density at radius 3 is 2.70 bits per heavy atom. The topological polar surface area (TPSA) is 69.6 Å². The van der Waals surface area contributed by atoms with E-state index < -0.39 is 5.97 Å². The predicted octanol–water partition coefficient (Wildman–Crippen LogP) is 2.71. The fourth-order valence-electron chi connectivity index (χ4n) is 2.77. The molecule has 5 heteroatoms. The van der Waals surface area contributed by atoms with Crippen LogP contribution in [0.4, 0.5) is 4.79 Å². The molecule has 3 unspecified atom stereocenters. The van der Waals surface area contributed by atoms with E-state index in [1.807, 2.05) is 11.9 Å². The first-order valence-corrected chi connectivity index (χ1v) is 7.65. The maximum absolute atomic E-state index is 12.0. The second-order valence-electron chi connectivity index (χ2n) is 6.15. The highest BCUT2D eigenvalue weighted by Crippen LogP contribution is 2.26. The lowest BCUT2D eigenvalue weighted by atomic mass is 9.86. The molecule has 0 aromatic heterocycles. The lowest BCUT2D eigenvalue weighted by Gasteiger charge is -2.34. The highest BCUT2D eigenvalue weighted by atomic mass is 16.4. The number of amides is 2. The first kappa shape index (κ1) is 16.8. The average Bonchev–Trinajstić information content (AvgIpc) is 2.42. The summed E-state index contributed by atoms with van der Waals surface area (Å²) in [6.45, 7) is 4.48. The van der Waals surface area contributed by atoms with Crippen LogP contribution in [0.15, 0.2) is 0 Å². The highest BCUT2D eigenvalue weighted by molar-refractivity contribution is 5.74. The van der Waals surface area contributed by atoms with Gasteiger partial charge in [0, 0.05) is 19.6 Å². The van der Waals surface area contributed by atoms with E-state index in [1.165, 1.54) is 12.8 Å². The van der Waals surface area contributed by atoms with Crippen molar-refractivity contribution in [3.8, 4) is 0 Å². The summed E-state index contributed by atoms with van der Waals surface area (Å²) in [6, 6.07) is 0.309. The number of carbonyl (C=O) groups excluding carboxylic acids is 1. The van der Waals surface area contributed by atoms with Crippen molar-refractivity contribution in [3.05, 3.63) is 0 Å². The van der Waals surface area contributed by atoms with Gasteiger partial charge in [0.05, 0.1) is 5.92 Å². The van der Waals surface area contributed by atoms with Crippen molar-refractivity contribution in [3.63, 3.8) is 0 Å². The van der Waals surface area contributed by atoms with Crippen LogP contribution in [-0.4, -0.2) is 41.6 Å². The van der Waals surface area contributed by atoms with Crippen LogP contribution < -0.4 is 5.32 Å². The molecule has 0 saturated heterocycles. The molecule has 0 aromatic rings. The number of carboxylic acids is 1. The molecule has 2 amide bonds. The number of nitrogens with one attached hydrogen (secondary N) is 1. The number of carbonyl (C=O) groups is 2. The fraction of sp³-hybridized carbons (Fsp3) is 0.867. The Morgan fingerprint density at radius 1 is 1.40 bits per heavy atom. The highest BCUT2D eigenvalue weighted by Gasteiger charge is 2.25. The summed E-state index contributed by atoms with van der Waals surface area (Å²) in [7, 11) is 1.86. The Balaban J connectivity index is 2.23. The van der Waals surface area contributed by atoms with Gasteiger partial charge >= 0.3 is 12.0 Å². The van der Waals surface area contributed by atoms with Gasteiger partial charge in [0.2, 0.25) is 0 Å². The number of carboxylic acid groups (broad SMARTS) is 1. The molecule has 0 spiro atoms. The average molecular weight is 284 g/mol. The molecule has 0 bridgehead atoms. The Bertz CT molecular complexity index is 333.